The van der Waals surface area contributed by atoms with Crippen molar-refractivity contribution in [2.75, 3.05) is 11.4 Å². The molecular weight excluding hydrogens is 242 g/mol. The van der Waals surface area contributed by atoms with Crippen molar-refractivity contribution in [3.63, 3.8) is 0 Å². The Hall–Kier alpha value is -2.14. The number of hydrogen-bond donors (Lipinski definition) is 1. The van der Waals surface area contributed by atoms with E-state index in [0.29, 0.717) is 25.3 Å². The van der Waals surface area contributed by atoms with Gasteiger partial charge in [-0.3, -0.25) is 14.4 Å². The highest BCUT2D eigenvalue weighted by Gasteiger charge is 2.31. The maximum atomic E-state index is 11.7. The first kappa shape index (κ1) is 11.9. The van der Waals surface area contributed by atoms with Crippen LogP contribution in [0.2, 0.25) is 0 Å². The van der Waals surface area contributed by atoms with Crippen molar-refractivity contribution in [2.45, 2.75) is 19.1 Å². The highest BCUT2D eigenvalue weighted by molar-refractivity contribution is 5.97. The van der Waals surface area contributed by atoms with Crippen molar-refractivity contribution >= 4 is 11.7 Å². The number of carbonyl (C=O) groups is 1. The summed E-state index contributed by atoms with van der Waals surface area (Å²) in [6.45, 7) is 1.20. The molecule has 0 saturated carbocycles. The van der Waals surface area contributed by atoms with Crippen LogP contribution < -0.4 is 4.90 Å². The minimum atomic E-state index is -0.876. The lowest BCUT2D eigenvalue weighted by atomic mass is 10.2. The van der Waals surface area contributed by atoms with Gasteiger partial charge in [-0.2, -0.15) is 5.10 Å². The molecule has 0 bridgehead atoms. The van der Waals surface area contributed by atoms with Crippen LogP contribution in [-0.4, -0.2) is 33.4 Å². The maximum absolute atomic E-state index is 11.7. The number of aliphatic hydroxyl groups is 1. The Kier molecular flexibility index (Phi) is 3.05. The van der Waals surface area contributed by atoms with E-state index in [4.69, 9.17) is 0 Å². The summed E-state index contributed by atoms with van der Waals surface area (Å²) in [5.41, 5.74) is 1.16. The van der Waals surface area contributed by atoms with E-state index in [-0.39, 0.29) is 5.91 Å². The van der Waals surface area contributed by atoms with E-state index in [1.807, 2.05) is 36.5 Å². The number of anilines is 1. The molecule has 98 valence electrons. The van der Waals surface area contributed by atoms with E-state index >= 15 is 0 Å². The minimum absolute atomic E-state index is 0.259. The van der Waals surface area contributed by atoms with Gasteiger partial charge in [0, 0.05) is 25.2 Å². The molecule has 1 atom stereocenters. The van der Waals surface area contributed by atoms with Gasteiger partial charge in [-0.25, -0.2) is 0 Å². The Morgan fingerprint density at radius 3 is 2.74 bits per heavy atom. The Balaban J connectivity index is 1.75. The zero-order chi connectivity index (χ0) is 13.2. The van der Waals surface area contributed by atoms with Gasteiger partial charge >= 0.3 is 0 Å². The predicted molar refractivity (Wildman–Crippen MR) is 70.7 cm³/mol. The summed E-state index contributed by atoms with van der Waals surface area (Å²) in [5.74, 6) is 0.349. The van der Waals surface area contributed by atoms with Gasteiger partial charge in [0.05, 0.1) is 6.54 Å². The molecule has 1 amide bonds. The van der Waals surface area contributed by atoms with Gasteiger partial charge in [-0.1, -0.05) is 30.3 Å². The first-order valence-electron chi connectivity index (χ1n) is 6.31. The maximum Gasteiger partial charge on any atom is 0.257 e. The summed E-state index contributed by atoms with van der Waals surface area (Å²) in [4.78, 5) is 13.2. The van der Waals surface area contributed by atoms with Gasteiger partial charge in [-0.05, 0) is 5.56 Å². The molecule has 19 heavy (non-hydrogen) atoms. The molecule has 5 heteroatoms. The number of aliphatic hydroxyl groups excluding tert-OH is 1. The van der Waals surface area contributed by atoms with Crippen LogP contribution in [0.4, 0.5) is 5.82 Å². The largest absolute Gasteiger partial charge is 0.383 e. The average Bonchev–Trinajstić information content (AvgIpc) is 3.00. The SMILES string of the molecule is O=C1[C@@H](O)CCN1c1ccn(Cc2ccccc2)n1. The summed E-state index contributed by atoms with van der Waals surface area (Å²) in [6.07, 6.45) is 1.45. The highest BCUT2D eigenvalue weighted by Crippen LogP contribution is 2.19. The fourth-order valence-electron chi connectivity index (χ4n) is 2.25. The van der Waals surface area contributed by atoms with Crippen LogP contribution >= 0.6 is 0 Å². The zero-order valence-electron chi connectivity index (χ0n) is 10.4. The third kappa shape index (κ3) is 2.37. The van der Waals surface area contributed by atoms with Crippen molar-refractivity contribution in [3.05, 3.63) is 48.2 Å². The first-order chi connectivity index (χ1) is 9.24. The molecule has 1 aromatic carbocycles. The second kappa shape index (κ2) is 4.85. The quantitative estimate of drug-likeness (QED) is 0.893. The number of nitrogens with zero attached hydrogens (tertiary/aromatic N) is 3. The van der Waals surface area contributed by atoms with E-state index < -0.39 is 6.10 Å². The predicted octanol–water partition coefficient (Wildman–Crippen LogP) is 1.03. The normalized spacial score (nSPS) is 19.1. The van der Waals surface area contributed by atoms with Gasteiger partial charge in [0.25, 0.3) is 5.91 Å². The van der Waals surface area contributed by atoms with Crippen LogP contribution in [0, 0.1) is 0 Å². The lowest BCUT2D eigenvalue weighted by molar-refractivity contribution is -0.124. The van der Waals surface area contributed by atoms with Crippen LogP contribution in [0.25, 0.3) is 0 Å². The summed E-state index contributed by atoms with van der Waals surface area (Å²) in [5, 5.41) is 13.8. The van der Waals surface area contributed by atoms with Crippen LogP contribution in [0.15, 0.2) is 42.6 Å². The molecule has 0 spiro atoms. The van der Waals surface area contributed by atoms with Crippen LogP contribution in [0.5, 0.6) is 0 Å². The summed E-state index contributed by atoms with van der Waals surface area (Å²) < 4.78 is 1.79. The molecule has 2 heterocycles. The average molecular weight is 257 g/mol. The third-order valence-corrected chi connectivity index (χ3v) is 3.27. The first-order valence-corrected chi connectivity index (χ1v) is 6.31. The van der Waals surface area contributed by atoms with Gasteiger partial charge in [0.15, 0.2) is 5.82 Å². The van der Waals surface area contributed by atoms with Gasteiger partial charge < -0.3 is 5.11 Å². The minimum Gasteiger partial charge on any atom is -0.383 e. The number of aromatic nitrogens is 2. The van der Waals surface area contributed by atoms with Crippen molar-refractivity contribution in [1.82, 2.24) is 9.78 Å². The number of amides is 1. The summed E-state index contributed by atoms with van der Waals surface area (Å²) in [7, 11) is 0. The number of rotatable bonds is 3. The summed E-state index contributed by atoms with van der Waals surface area (Å²) >= 11 is 0. The molecule has 1 saturated heterocycles. The van der Waals surface area contributed by atoms with Gasteiger partial charge in [0.2, 0.25) is 0 Å². The molecule has 1 N–H and O–H groups in total. The van der Waals surface area contributed by atoms with E-state index in [9.17, 15) is 9.90 Å². The Morgan fingerprint density at radius 2 is 2.05 bits per heavy atom. The molecular formula is C14H15N3O2. The molecule has 1 aliphatic heterocycles. The highest BCUT2D eigenvalue weighted by atomic mass is 16.3. The van der Waals surface area contributed by atoms with E-state index in [1.54, 1.807) is 10.7 Å². The second-order valence-electron chi connectivity index (χ2n) is 4.65. The molecule has 0 aliphatic carbocycles. The standard InChI is InChI=1S/C14H15N3O2/c18-12-6-9-17(14(12)19)13-7-8-16(15-13)10-11-4-2-1-3-5-11/h1-5,7-8,12,18H,6,9-10H2/t12-/m0/s1. The number of hydrogen-bond acceptors (Lipinski definition) is 3. The Bertz CT molecular complexity index is 579. The fourth-order valence-corrected chi connectivity index (χ4v) is 2.25. The van der Waals surface area contributed by atoms with E-state index in [1.165, 1.54) is 4.90 Å². The van der Waals surface area contributed by atoms with Crippen LogP contribution in [-0.2, 0) is 11.3 Å². The second-order valence-corrected chi connectivity index (χ2v) is 4.65. The molecule has 5 nitrogen and oxygen atoms in total. The lowest BCUT2D eigenvalue weighted by Gasteiger charge is -2.11. The number of benzene rings is 1. The van der Waals surface area contributed by atoms with Gasteiger partial charge in [0.1, 0.15) is 6.10 Å². The van der Waals surface area contributed by atoms with E-state index in [2.05, 4.69) is 5.10 Å². The fraction of sp³-hybridized carbons (Fsp3) is 0.286. The molecule has 2 aromatic rings. The van der Waals surface area contributed by atoms with Crippen molar-refractivity contribution < 1.29 is 9.90 Å². The van der Waals surface area contributed by atoms with Crippen molar-refractivity contribution in [2.24, 2.45) is 0 Å². The molecule has 1 aliphatic rings. The number of carbonyl (C=O) groups excluding carboxylic acids is 1. The molecule has 1 fully saturated rings. The van der Waals surface area contributed by atoms with Crippen molar-refractivity contribution in [1.29, 1.82) is 0 Å². The van der Waals surface area contributed by atoms with Crippen molar-refractivity contribution in [3.8, 4) is 0 Å². The topological polar surface area (TPSA) is 58.4 Å². The van der Waals surface area contributed by atoms with Crippen LogP contribution in [0.1, 0.15) is 12.0 Å². The lowest BCUT2D eigenvalue weighted by Crippen LogP contribution is -2.29. The zero-order valence-corrected chi connectivity index (χ0v) is 10.4. The Morgan fingerprint density at radius 1 is 1.26 bits per heavy atom. The Labute approximate surface area is 111 Å². The molecule has 0 unspecified atom stereocenters. The monoisotopic (exact) mass is 257 g/mol. The molecule has 3 rings (SSSR count). The smallest absolute Gasteiger partial charge is 0.257 e. The van der Waals surface area contributed by atoms with E-state index in [0.717, 1.165) is 5.56 Å². The molecule has 1 aromatic heterocycles. The molecule has 0 radical (unpaired) electrons. The van der Waals surface area contributed by atoms with Crippen LogP contribution in [0.3, 0.4) is 0 Å². The summed E-state index contributed by atoms with van der Waals surface area (Å²) in [6, 6.07) is 11.8. The van der Waals surface area contributed by atoms with Gasteiger partial charge in [-0.15, -0.1) is 0 Å². The third-order valence-electron chi connectivity index (χ3n) is 3.27.